The smallest absolute Gasteiger partial charge is 0.446 e. The fraction of sp³-hybridized carbons (Fsp3) is 0. The molecule has 0 fully saturated rings. The summed E-state index contributed by atoms with van der Waals surface area (Å²) >= 11 is 0. The van der Waals surface area contributed by atoms with E-state index in [9.17, 15) is 30.4 Å². The van der Waals surface area contributed by atoms with Gasteiger partial charge in [0.25, 0.3) is 0 Å². The monoisotopic (exact) mass is 366 g/mol. The lowest BCUT2D eigenvalue weighted by Gasteiger charge is -2.11. The van der Waals surface area contributed by atoms with Gasteiger partial charge in [0.1, 0.15) is 5.75 Å². The molecule has 0 radical (unpaired) electrons. The lowest BCUT2D eigenvalue weighted by Crippen LogP contribution is -2.14. The summed E-state index contributed by atoms with van der Waals surface area (Å²) < 4.78 is 97.8. The molecule has 0 aliphatic carbocycles. The van der Waals surface area contributed by atoms with Crippen molar-refractivity contribution in [3.05, 3.63) is 12.1 Å². The van der Waals surface area contributed by atoms with Crippen LogP contribution in [-0.4, -0.2) is 44.0 Å². The van der Waals surface area contributed by atoms with Crippen LogP contribution in [0.3, 0.4) is 0 Å². The average molecular weight is 366 g/mol. The molecular weight excluding hydrogens is 360 g/mol. The van der Waals surface area contributed by atoms with Crippen LogP contribution in [0, 0.1) is 0 Å². The molecule has 1 aromatic carbocycles. The van der Waals surface area contributed by atoms with Crippen LogP contribution in [0.4, 0.5) is 0 Å². The van der Waals surface area contributed by atoms with Gasteiger partial charge < -0.3 is 13.5 Å². The Morgan fingerprint density at radius 3 is 1.33 bits per heavy atom. The van der Waals surface area contributed by atoms with E-state index in [2.05, 4.69) is 8.37 Å². The second-order valence-electron chi connectivity index (χ2n) is 3.27. The Hall–Kier alpha value is -1.65. The Balaban J connectivity index is 3.73. The van der Waals surface area contributed by atoms with Crippen molar-refractivity contribution in [3.8, 4) is 17.2 Å². The van der Waals surface area contributed by atoms with Crippen molar-refractivity contribution < 1.29 is 52.4 Å². The summed E-state index contributed by atoms with van der Waals surface area (Å²) in [5.74, 6) is -3.72. The number of hydrogen-bond acceptors (Lipinski definition) is 9. The Labute approximate surface area is 118 Å². The average Bonchev–Trinajstić information content (AvgIpc) is 2.06. The maximum atomic E-state index is 11.1. The molecule has 21 heavy (non-hydrogen) atoms. The number of phenols is 1. The lowest BCUT2D eigenvalue weighted by atomic mass is 10.3. The molecule has 0 bridgehead atoms. The number of rotatable bonds is 5. The van der Waals surface area contributed by atoms with Crippen molar-refractivity contribution in [1.82, 2.24) is 0 Å². The summed E-state index contributed by atoms with van der Waals surface area (Å²) in [5.41, 5.74) is 0. The highest BCUT2D eigenvalue weighted by atomic mass is 32.3. The summed E-state index contributed by atoms with van der Waals surface area (Å²) in [5, 5.41) is 9.19. The van der Waals surface area contributed by atoms with Crippen molar-refractivity contribution >= 4 is 30.9 Å². The first-order valence-corrected chi connectivity index (χ1v) is 8.54. The highest BCUT2D eigenvalue weighted by molar-refractivity contribution is 7.86. The van der Waals surface area contributed by atoms with Crippen LogP contribution >= 0.6 is 0 Å². The molecule has 0 amide bonds. The molecular formula is C6H6O12S3. The van der Waals surface area contributed by atoms with Gasteiger partial charge in [0, 0.05) is 12.1 Å². The highest BCUT2D eigenvalue weighted by Crippen LogP contribution is 2.38. The lowest BCUT2D eigenvalue weighted by molar-refractivity contribution is 0.369. The van der Waals surface area contributed by atoms with E-state index in [1.165, 1.54) is 0 Å². The van der Waals surface area contributed by atoms with Gasteiger partial charge in [-0.2, -0.15) is 25.3 Å². The quantitative estimate of drug-likeness (QED) is 0.464. The third-order valence-corrected chi connectivity index (χ3v) is 3.35. The van der Waals surface area contributed by atoms with Gasteiger partial charge in [0.15, 0.2) is 16.4 Å². The second kappa shape index (κ2) is 5.28. The highest BCUT2D eigenvalue weighted by Gasteiger charge is 2.29. The van der Waals surface area contributed by atoms with Gasteiger partial charge in [-0.15, -0.1) is 0 Å². The number of phenolic OH excluding ortho intramolecular Hbond substituents is 1. The van der Waals surface area contributed by atoms with Crippen molar-refractivity contribution in [2.75, 3.05) is 0 Å². The summed E-state index contributed by atoms with van der Waals surface area (Å²) in [6, 6.07) is 0.626. The normalized spacial score (nSPS) is 12.9. The van der Waals surface area contributed by atoms with Crippen LogP contribution in [-0.2, 0) is 30.9 Å². The zero-order chi connectivity index (χ0) is 16.6. The number of benzene rings is 1. The third-order valence-electron chi connectivity index (χ3n) is 1.65. The van der Waals surface area contributed by atoms with Gasteiger partial charge in [-0.1, -0.05) is 0 Å². The van der Waals surface area contributed by atoms with Crippen LogP contribution in [0.2, 0.25) is 0 Å². The van der Waals surface area contributed by atoms with Gasteiger partial charge in [0.2, 0.25) is 0 Å². The molecule has 0 atom stereocenters. The van der Waals surface area contributed by atoms with E-state index < -0.39 is 53.1 Å². The molecule has 120 valence electrons. The van der Waals surface area contributed by atoms with E-state index in [4.69, 9.17) is 13.7 Å². The first-order chi connectivity index (χ1) is 9.19. The third kappa shape index (κ3) is 5.33. The summed E-state index contributed by atoms with van der Waals surface area (Å²) in [6.45, 7) is 0. The minimum atomic E-state index is -5.34. The van der Waals surface area contributed by atoms with Crippen molar-refractivity contribution in [3.63, 3.8) is 0 Å². The van der Waals surface area contributed by atoms with Crippen molar-refractivity contribution in [1.29, 1.82) is 0 Å². The Morgan fingerprint density at radius 2 is 1.10 bits per heavy atom. The summed E-state index contributed by atoms with van der Waals surface area (Å²) in [4.78, 5) is -1.57. The van der Waals surface area contributed by atoms with Crippen molar-refractivity contribution in [2.45, 2.75) is 4.90 Å². The summed E-state index contributed by atoms with van der Waals surface area (Å²) in [6.07, 6.45) is 0. The molecule has 0 aliphatic rings. The molecule has 4 N–H and O–H groups in total. The Kier molecular flexibility index (Phi) is 4.37. The van der Waals surface area contributed by atoms with Gasteiger partial charge in [0.05, 0.1) is 0 Å². The topological polar surface area (TPSA) is 202 Å². The SMILES string of the molecule is O=S(=O)(O)Oc1cc(O)cc(OS(=O)(=O)O)c1S(=O)(=O)O. The Bertz CT molecular complexity index is 807. The van der Waals surface area contributed by atoms with Crippen LogP contribution in [0.5, 0.6) is 17.2 Å². The predicted octanol–water partition coefficient (Wildman–Crippen LogP) is -0.998. The van der Waals surface area contributed by atoms with Gasteiger partial charge in [-0.3, -0.25) is 13.7 Å². The van der Waals surface area contributed by atoms with E-state index in [-0.39, 0.29) is 0 Å². The number of hydrogen-bond donors (Lipinski definition) is 4. The van der Waals surface area contributed by atoms with E-state index >= 15 is 0 Å². The fourth-order valence-corrected chi connectivity index (χ4v) is 2.70. The van der Waals surface area contributed by atoms with E-state index in [1.807, 2.05) is 0 Å². The molecule has 12 nitrogen and oxygen atoms in total. The first-order valence-electron chi connectivity index (χ1n) is 4.37. The molecule has 0 spiro atoms. The molecule has 0 saturated heterocycles. The largest absolute Gasteiger partial charge is 0.508 e. The fourth-order valence-electron chi connectivity index (χ4n) is 1.17. The summed E-state index contributed by atoms with van der Waals surface area (Å²) in [7, 11) is -15.9. The van der Waals surface area contributed by atoms with Gasteiger partial charge in [-0.25, -0.2) is 0 Å². The molecule has 0 aromatic heterocycles. The molecule has 0 heterocycles. The maximum Gasteiger partial charge on any atom is 0.446 e. The zero-order valence-electron chi connectivity index (χ0n) is 9.43. The van der Waals surface area contributed by atoms with Crippen LogP contribution < -0.4 is 8.37 Å². The van der Waals surface area contributed by atoms with Crippen LogP contribution in [0.1, 0.15) is 0 Å². The number of aromatic hydroxyl groups is 1. The standard InChI is InChI=1S/C6H6O12S3/c7-3-1-4(17-20(11,12)13)6(19(8,9)10)5(2-3)18-21(14,15)16/h1-2,7H,(H,8,9,10)(H,11,12,13)(H,14,15,16). The van der Waals surface area contributed by atoms with Crippen LogP contribution in [0.25, 0.3) is 0 Å². The molecule has 0 aliphatic heterocycles. The second-order valence-corrected chi connectivity index (χ2v) is 6.67. The van der Waals surface area contributed by atoms with E-state index in [0.717, 1.165) is 0 Å². The van der Waals surface area contributed by atoms with Crippen LogP contribution in [0.15, 0.2) is 17.0 Å². The van der Waals surface area contributed by atoms with E-state index in [1.54, 1.807) is 0 Å². The molecule has 1 rings (SSSR count). The molecule has 15 heteroatoms. The molecule has 0 unspecified atom stereocenters. The van der Waals surface area contributed by atoms with Gasteiger partial charge in [-0.05, 0) is 0 Å². The minimum absolute atomic E-state index is 0.313. The molecule has 0 saturated carbocycles. The van der Waals surface area contributed by atoms with Crippen molar-refractivity contribution in [2.24, 2.45) is 0 Å². The molecule has 1 aromatic rings. The van der Waals surface area contributed by atoms with E-state index in [0.29, 0.717) is 12.1 Å². The minimum Gasteiger partial charge on any atom is -0.508 e. The van der Waals surface area contributed by atoms with Gasteiger partial charge >= 0.3 is 30.9 Å². The predicted molar refractivity (Wildman–Crippen MR) is 62.3 cm³/mol. The first kappa shape index (κ1) is 17.4. The zero-order valence-corrected chi connectivity index (χ0v) is 11.9. The Morgan fingerprint density at radius 1 is 0.762 bits per heavy atom. The maximum absolute atomic E-state index is 11.1.